The summed E-state index contributed by atoms with van der Waals surface area (Å²) in [5.41, 5.74) is 0. The molecular formula is C13H22N6O. The highest BCUT2D eigenvalue weighted by molar-refractivity contribution is 5.44. The van der Waals surface area contributed by atoms with Gasteiger partial charge in [-0.1, -0.05) is 0 Å². The lowest BCUT2D eigenvalue weighted by Gasteiger charge is -2.17. The van der Waals surface area contributed by atoms with Crippen LogP contribution >= 0.6 is 0 Å². The molecule has 7 nitrogen and oxygen atoms in total. The van der Waals surface area contributed by atoms with Crippen molar-refractivity contribution in [1.82, 2.24) is 15.0 Å². The van der Waals surface area contributed by atoms with Crippen molar-refractivity contribution in [3.05, 3.63) is 0 Å². The van der Waals surface area contributed by atoms with Crippen LogP contribution in [0.3, 0.4) is 0 Å². The van der Waals surface area contributed by atoms with Crippen LogP contribution in [-0.2, 0) is 4.74 Å². The summed E-state index contributed by atoms with van der Waals surface area (Å²) in [6.45, 7) is 3.67. The van der Waals surface area contributed by atoms with Gasteiger partial charge in [-0.25, -0.2) is 0 Å². The van der Waals surface area contributed by atoms with E-state index in [0.29, 0.717) is 11.9 Å². The van der Waals surface area contributed by atoms with Crippen LogP contribution in [0.2, 0.25) is 0 Å². The third kappa shape index (κ3) is 3.09. The molecular weight excluding hydrogens is 256 g/mol. The number of hydrogen-bond donors (Lipinski definition) is 2. The van der Waals surface area contributed by atoms with E-state index in [1.165, 1.54) is 12.8 Å². The first-order valence-corrected chi connectivity index (χ1v) is 7.39. The molecule has 0 spiro atoms. The summed E-state index contributed by atoms with van der Waals surface area (Å²) in [6, 6.07) is 0. The fourth-order valence-electron chi connectivity index (χ4n) is 2.62. The summed E-state index contributed by atoms with van der Waals surface area (Å²) in [4.78, 5) is 15.5. The number of aromatic nitrogens is 3. The second-order valence-electron chi connectivity index (χ2n) is 5.24. The minimum atomic E-state index is 0.278. The van der Waals surface area contributed by atoms with E-state index in [-0.39, 0.29) is 6.10 Å². The third-order valence-corrected chi connectivity index (χ3v) is 3.75. The van der Waals surface area contributed by atoms with Crippen molar-refractivity contribution in [2.75, 3.05) is 48.8 Å². The van der Waals surface area contributed by atoms with Crippen LogP contribution in [0, 0.1) is 0 Å². The Morgan fingerprint density at radius 2 is 1.95 bits per heavy atom. The topological polar surface area (TPSA) is 75.2 Å². The first kappa shape index (κ1) is 13.4. The van der Waals surface area contributed by atoms with Gasteiger partial charge in [-0.3, -0.25) is 0 Å². The van der Waals surface area contributed by atoms with Crippen LogP contribution in [0.4, 0.5) is 17.8 Å². The Kier molecular flexibility index (Phi) is 4.15. The van der Waals surface area contributed by atoms with Gasteiger partial charge in [0.25, 0.3) is 0 Å². The molecule has 2 aliphatic rings. The van der Waals surface area contributed by atoms with Gasteiger partial charge in [0.1, 0.15) is 0 Å². The molecule has 2 aliphatic heterocycles. The van der Waals surface area contributed by atoms with Gasteiger partial charge >= 0.3 is 0 Å². The summed E-state index contributed by atoms with van der Waals surface area (Å²) in [5.74, 6) is 2.00. The molecule has 0 saturated carbocycles. The Hall–Kier alpha value is -1.63. The number of nitrogens with zero attached hydrogens (tertiary/aromatic N) is 4. The first-order chi connectivity index (χ1) is 9.85. The highest BCUT2D eigenvalue weighted by Crippen LogP contribution is 2.19. The number of rotatable bonds is 5. The Morgan fingerprint density at radius 3 is 2.65 bits per heavy atom. The SMILES string of the molecule is CNc1nc(NCC2CCCO2)nc(N2CCCC2)n1. The minimum absolute atomic E-state index is 0.278. The molecule has 0 amide bonds. The van der Waals surface area contributed by atoms with Crippen LogP contribution < -0.4 is 15.5 Å². The predicted molar refractivity (Wildman–Crippen MR) is 78.3 cm³/mol. The Balaban J connectivity index is 1.69. The van der Waals surface area contributed by atoms with E-state index in [1.807, 2.05) is 7.05 Å². The average molecular weight is 278 g/mol. The summed E-state index contributed by atoms with van der Waals surface area (Å²) in [6.07, 6.45) is 4.94. The fraction of sp³-hybridized carbons (Fsp3) is 0.769. The quantitative estimate of drug-likeness (QED) is 0.835. The second-order valence-corrected chi connectivity index (χ2v) is 5.24. The van der Waals surface area contributed by atoms with E-state index in [9.17, 15) is 0 Å². The largest absolute Gasteiger partial charge is 0.376 e. The zero-order valence-electron chi connectivity index (χ0n) is 11.9. The molecule has 2 fully saturated rings. The Labute approximate surface area is 119 Å². The highest BCUT2D eigenvalue weighted by Gasteiger charge is 2.19. The molecule has 20 heavy (non-hydrogen) atoms. The molecule has 0 bridgehead atoms. The molecule has 110 valence electrons. The van der Waals surface area contributed by atoms with Crippen LogP contribution in [0.25, 0.3) is 0 Å². The van der Waals surface area contributed by atoms with Crippen LogP contribution in [0.15, 0.2) is 0 Å². The van der Waals surface area contributed by atoms with Crippen molar-refractivity contribution in [1.29, 1.82) is 0 Å². The lowest BCUT2D eigenvalue weighted by molar-refractivity contribution is 0.120. The maximum Gasteiger partial charge on any atom is 0.231 e. The monoisotopic (exact) mass is 278 g/mol. The summed E-state index contributed by atoms with van der Waals surface area (Å²) in [5, 5.41) is 6.27. The molecule has 3 rings (SSSR count). The van der Waals surface area contributed by atoms with E-state index in [4.69, 9.17) is 4.74 Å². The summed E-state index contributed by atoms with van der Waals surface area (Å²) >= 11 is 0. The summed E-state index contributed by atoms with van der Waals surface area (Å²) < 4.78 is 5.60. The molecule has 7 heteroatoms. The molecule has 1 aromatic heterocycles. The van der Waals surface area contributed by atoms with E-state index < -0.39 is 0 Å². The lowest BCUT2D eigenvalue weighted by Crippen LogP contribution is -2.24. The summed E-state index contributed by atoms with van der Waals surface area (Å²) in [7, 11) is 1.83. The number of anilines is 3. The van der Waals surface area contributed by atoms with E-state index in [1.54, 1.807) is 0 Å². The van der Waals surface area contributed by atoms with Crippen LogP contribution in [0.5, 0.6) is 0 Å². The average Bonchev–Trinajstić information content (AvgIpc) is 3.17. The van der Waals surface area contributed by atoms with Crippen molar-refractivity contribution in [3.63, 3.8) is 0 Å². The van der Waals surface area contributed by atoms with Gasteiger partial charge in [-0.2, -0.15) is 15.0 Å². The maximum absolute atomic E-state index is 5.60. The Morgan fingerprint density at radius 1 is 1.15 bits per heavy atom. The molecule has 0 aromatic carbocycles. The smallest absolute Gasteiger partial charge is 0.231 e. The molecule has 2 saturated heterocycles. The van der Waals surface area contributed by atoms with E-state index in [0.717, 1.165) is 45.0 Å². The number of nitrogens with one attached hydrogen (secondary N) is 2. The molecule has 0 radical (unpaired) electrons. The van der Waals surface area contributed by atoms with E-state index in [2.05, 4.69) is 30.5 Å². The Bertz CT molecular complexity index is 442. The van der Waals surface area contributed by atoms with Gasteiger partial charge in [0.15, 0.2) is 0 Å². The molecule has 0 aliphatic carbocycles. The van der Waals surface area contributed by atoms with Gasteiger partial charge in [0.05, 0.1) is 6.10 Å². The third-order valence-electron chi connectivity index (χ3n) is 3.75. The zero-order valence-corrected chi connectivity index (χ0v) is 11.9. The van der Waals surface area contributed by atoms with Crippen molar-refractivity contribution < 1.29 is 4.74 Å². The van der Waals surface area contributed by atoms with E-state index >= 15 is 0 Å². The maximum atomic E-state index is 5.60. The lowest BCUT2D eigenvalue weighted by atomic mass is 10.2. The van der Waals surface area contributed by atoms with Gasteiger partial charge in [-0.05, 0) is 25.7 Å². The highest BCUT2D eigenvalue weighted by atomic mass is 16.5. The molecule has 2 N–H and O–H groups in total. The number of hydrogen-bond acceptors (Lipinski definition) is 7. The van der Waals surface area contributed by atoms with Crippen molar-refractivity contribution in [2.24, 2.45) is 0 Å². The normalized spacial score (nSPS) is 22.2. The second kappa shape index (κ2) is 6.21. The zero-order chi connectivity index (χ0) is 13.8. The van der Waals surface area contributed by atoms with Crippen LogP contribution in [-0.4, -0.2) is 54.3 Å². The molecule has 1 atom stereocenters. The molecule has 1 aromatic rings. The predicted octanol–water partition coefficient (Wildman–Crippen LogP) is 1.10. The first-order valence-electron chi connectivity index (χ1n) is 7.39. The molecule has 1 unspecified atom stereocenters. The fourth-order valence-corrected chi connectivity index (χ4v) is 2.62. The minimum Gasteiger partial charge on any atom is -0.376 e. The standard InChI is InChI=1S/C13H22N6O/c1-14-11-16-12(15-9-10-5-4-8-20-10)18-13(17-11)19-6-2-3-7-19/h10H,2-9H2,1H3,(H2,14,15,16,17,18). The van der Waals surface area contributed by atoms with Crippen molar-refractivity contribution in [2.45, 2.75) is 31.8 Å². The van der Waals surface area contributed by atoms with Crippen LogP contribution in [0.1, 0.15) is 25.7 Å². The van der Waals surface area contributed by atoms with Gasteiger partial charge < -0.3 is 20.3 Å². The van der Waals surface area contributed by atoms with Crippen molar-refractivity contribution >= 4 is 17.8 Å². The van der Waals surface area contributed by atoms with Gasteiger partial charge in [-0.15, -0.1) is 0 Å². The molecule has 3 heterocycles. The van der Waals surface area contributed by atoms with Gasteiger partial charge in [0.2, 0.25) is 17.8 Å². The van der Waals surface area contributed by atoms with Crippen molar-refractivity contribution in [3.8, 4) is 0 Å². The van der Waals surface area contributed by atoms with Gasteiger partial charge in [0, 0.05) is 33.3 Å². The number of ether oxygens (including phenoxy) is 1.